The molecule has 4 nitrogen and oxygen atoms in total. The van der Waals surface area contributed by atoms with Gasteiger partial charge < -0.3 is 10.0 Å². The fourth-order valence-corrected chi connectivity index (χ4v) is 3.79. The minimum atomic E-state index is -1.33. The van der Waals surface area contributed by atoms with Gasteiger partial charge in [0.05, 0.1) is 0 Å². The average molecular weight is 334 g/mol. The van der Waals surface area contributed by atoms with Crippen LogP contribution in [0.25, 0.3) is 0 Å². The van der Waals surface area contributed by atoms with Crippen molar-refractivity contribution in [2.75, 3.05) is 26.2 Å². The molecule has 24 heavy (non-hydrogen) atoms. The Kier molecular flexibility index (Phi) is 5.21. The summed E-state index contributed by atoms with van der Waals surface area (Å²) in [5.41, 5.74) is -0.828. The van der Waals surface area contributed by atoms with E-state index < -0.39 is 5.60 Å². The number of amides is 1. The summed E-state index contributed by atoms with van der Waals surface area (Å²) in [6.07, 6.45) is 3.47. The summed E-state index contributed by atoms with van der Waals surface area (Å²) in [6.45, 7) is 5.31. The van der Waals surface area contributed by atoms with Gasteiger partial charge in [-0.05, 0) is 50.8 Å². The minimum Gasteiger partial charge on any atom is -0.379 e. The smallest absolute Gasteiger partial charge is 0.256 e. The lowest BCUT2D eigenvalue weighted by atomic mass is 9.89. The van der Waals surface area contributed by atoms with Crippen LogP contribution in [0.3, 0.4) is 0 Å². The highest BCUT2D eigenvalue weighted by Gasteiger charge is 2.43. The zero-order valence-corrected chi connectivity index (χ0v) is 14.4. The summed E-state index contributed by atoms with van der Waals surface area (Å²) in [5.74, 6) is 0.163. The van der Waals surface area contributed by atoms with Crippen LogP contribution in [0.1, 0.15) is 38.2 Å². The van der Waals surface area contributed by atoms with Gasteiger partial charge in [-0.1, -0.05) is 25.1 Å². The third-order valence-corrected chi connectivity index (χ3v) is 5.38. The third kappa shape index (κ3) is 3.78. The number of piperidine rings is 2. The topological polar surface area (TPSA) is 43.8 Å². The van der Waals surface area contributed by atoms with Gasteiger partial charge in [0.25, 0.3) is 5.91 Å². The minimum absolute atomic E-state index is 0.227. The van der Waals surface area contributed by atoms with Crippen LogP contribution in [0.4, 0.5) is 4.39 Å². The van der Waals surface area contributed by atoms with Crippen molar-refractivity contribution in [3.05, 3.63) is 35.6 Å². The summed E-state index contributed by atoms with van der Waals surface area (Å²) in [6, 6.07) is 6.52. The zero-order valence-electron chi connectivity index (χ0n) is 14.4. The van der Waals surface area contributed by atoms with Gasteiger partial charge in [-0.3, -0.25) is 9.69 Å². The average Bonchev–Trinajstić information content (AvgIpc) is 2.56. The second kappa shape index (κ2) is 7.19. The number of carbonyl (C=O) groups is 1. The van der Waals surface area contributed by atoms with E-state index in [1.165, 1.54) is 6.07 Å². The van der Waals surface area contributed by atoms with Crippen LogP contribution in [0.5, 0.6) is 0 Å². The lowest BCUT2D eigenvalue weighted by molar-refractivity contribution is -0.160. The second-order valence-corrected chi connectivity index (χ2v) is 7.41. The summed E-state index contributed by atoms with van der Waals surface area (Å²) < 4.78 is 13.9. The van der Waals surface area contributed by atoms with Crippen molar-refractivity contribution >= 4 is 5.91 Å². The van der Waals surface area contributed by atoms with Gasteiger partial charge in [-0.15, -0.1) is 0 Å². The molecule has 5 heteroatoms. The van der Waals surface area contributed by atoms with Crippen molar-refractivity contribution < 1.29 is 14.3 Å². The van der Waals surface area contributed by atoms with Crippen LogP contribution < -0.4 is 0 Å². The van der Waals surface area contributed by atoms with Crippen LogP contribution in [-0.2, 0) is 11.3 Å². The van der Waals surface area contributed by atoms with Crippen molar-refractivity contribution in [3.63, 3.8) is 0 Å². The largest absolute Gasteiger partial charge is 0.379 e. The first kappa shape index (κ1) is 17.4. The molecular formula is C19H27FN2O2. The predicted molar refractivity (Wildman–Crippen MR) is 90.8 cm³/mol. The Morgan fingerprint density at radius 2 is 1.96 bits per heavy atom. The van der Waals surface area contributed by atoms with E-state index in [4.69, 9.17) is 0 Å². The maximum absolute atomic E-state index is 13.9. The van der Waals surface area contributed by atoms with Crippen molar-refractivity contribution in [2.24, 2.45) is 5.92 Å². The highest BCUT2D eigenvalue weighted by Crippen LogP contribution is 2.27. The van der Waals surface area contributed by atoms with Crippen LogP contribution >= 0.6 is 0 Å². The number of carbonyl (C=O) groups excluding carboxylic acids is 1. The molecular weight excluding hydrogens is 307 g/mol. The van der Waals surface area contributed by atoms with E-state index in [2.05, 4.69) is 11.8 Å². The lowest BCUT2D eigenvalue weighted by Crippen LogP contribution is -2.59. The highest BCUT2D eigenvalue weighted by molar-refractivity contribution is 5.86. The first-order chi connectivity index (χ1) is 11.5. The van der Waals surface area contributed by atoms with Crippen molar-refractivity contribution in [1.82, 2.24) is 9.80 Å². The number of hydrogen-bond acceptors (Lipinski definition) is 3. The molecule has 0 unspecified atom stereocenters. The van der Waals surface area contributed by atoms with Gasteiger partial charge in [0, 0.05) is 25.2 Å². The Labute approximate surface area is 143 Å². The zero-order chi connectivity index (χ0) is 17.2. The molecule has 1 amide bonds. The van der Waals surface area contributed by atoms with Crippen LogP contribution in [0.15, 0.2) is 24.3 Å². The first-order valence-electron chi connectivity index (χ1n) is 8.95. The van der Waals surface area contributed by atoms with E-state index in [9.17, 15) is 14.3 Å². The SMILES string of the molecule is CC1CCN(C[C@@]2(O)CCCN(Cc3ccccc3F)C2=O)CC1. The molecule has 0 aliphatic carbocycles. The van der Waals surface area contributed by atoms with E-state index in [-0.39, 0.29) is 18.3 Å². The van der Waals surface area contributed by atoms with Crippen molar-refractivity contribution in [1.29, 1.82) is 0 Å². The number of β-amino-alcohol motifs (C(OH)–C–C–N with tert-alkyl or cyclic N) is 1. The molecule has 0 bridgehead atoms. The van der Waals surface area contributed by atoms with Crippen molar-refractivity contribution in [2.45, 2.75) is 44.8 Å². The molecule has 0 spiro atoms. The monoisotopic (exact) mass is 334 g/mol. The van der Waals surface area contributed by atoms with Gasteiger partial charge in [0.15, 0.2) is 5.60 Å². The van der Waals surface area contributed by atoms with Crippen LogP contribution in [0.2, 0.25) is 0 Å². The number of hydrogen-bond donors (Lipinski definition) is 1. The molecule has 2 saturated heterocycles. The first-order valence-corrected chi connectivity index (χ1v) is 8.95. The predicted octanol–water partition coefficient (Wildman–Crippen LogP) is 2.41. The molecule has 0 radical (unpaired) electrons. The molecule has 2 heterocycles. The Morgan fingerprint density at radius 1 is 1.25 bits per heavy atom. The highest BCUT2D eigenvalue weighted by atomic mass is 19.1. The summed E-state index contributed by atoms with van der Waals surface area (Å²) in [4.78, 5) is 16.6. The normalized spacial score (nSPS) is 26.8. The van der Waals surface area contributed by atoms with Gasteiger partial charge >= 0.3 is 0 Å². The van der Waals surface area contributed by atoms with Crippen LogP contribution in [0, 0.1) is 11.7 Å². The lowest BCUT2D eigenvalue weighted by Gasteiger charge is -2.42. The number of nitrogens with zero attached hydrogens (tertiary/aromatic N) is 2. The maximum atomic E-state index is 13.9. The molecule has 1 aromatic carbocycles. The fraction of sp³-hybridized carbons (Fsp3) is 0.632. The number of benzene rings is 1. The van der Waals surface area contributed by atoms with Crippen molar-refractivity contribution in [3.8, 4) is 0 Å². The van der Waals surface area contributed by atoms with E-state index in [0.29, 0.717) is 25.1 Å². The fourth-order valence-electron chi connectivity index (χ4n) is 3.79. The number of rotatable bonds is 4. The summed E-state index contributed by atoms with van der Waals surface area (Å²) in [5, 5.41) is 10.9. The Bertz CT molecular complexity index is 586. The molecule has 132 valence electrons. The molecule has 1 atom stereocenters. The van der Waals surface area contributed by atoms with Gasteiger partial charge in [0.2, 0.25) is 0 Å². The molecule has 1 N–H and O–H groups in total. The molecule has 0 aromatic heterocycles. The number of likely N-dealkylation sites (tertiary alicyclic amines) is 2. The van der Waals surface area contributed by atoms with Gasteiger partial charge in [-0.25, -0.2) is 4.39 Å². The second-order valence-electron chi connectivity index (χ2n) is 7.41. The van der Waals surface area contributed by atoms with Gasteiger partial charge in [-0.2, -0.15) is 0 Å². The molecule has 3 rings (SSSR count). The quantitative estimate of drug-likeness (QED) is 0.920. The maximum Gasteiger partial charge on any atom is 0.256 e. The Hall–Kier alpha value is -1.46. The van der Waals surface area contributed by atoms with E-state index in [0.717, 1.165) is 38.3 Å². The number of aliphatic hydroxyl groups is 1. The molecule has 1 aromatic rings. The van der Waals surface area contributed by atoms with E-state index in [1.807, 2.05) is 0 Å². The summed E-state index contributed by atoms with van der Waals surface area (Å²) >= 11 is 0. The molecule has 2 fully saturated rings. The van der Waals surface area contributed by atoms with Gasteiger partial charge in [0.1, 0.15) is 5.82 Å². The molecule has 2 aliphatic rings. The third-order valence-electron chi connectivity index (χ3n) is 5.38. The van der Waals surface area contributed by atoms with Crippen LogP contribution in [-0.4, -0.2) is 52.6 Å². The van der Waals surface area contributed by atoms with E-state index >= 15 is 0 Å². The Morgan fingerprint density at radius 3 is 2.67 bits per heavy atom. The summed E-state index contributed by atoms with van der Waals surface area (Å²) in [7, 11) is 0. The Balaban J connectivity index is 1.66. The number of halogens is 1. The molecule has 0 saturated carbocycles. The van der Waals surface area contributed by atoms with E-state index in [1.54, 1.807) is 23.1 Å². The molecule has 2 aliphatic heterocycles. The standard InChI is InChI=1S/C19H27FN2O2/c1-15-7-11-21(12-8-15)14-19(24)9-4-10-22(18(19)23)13-16-5-2-3-6-17(16)20/h2-3,5-6,15,24H,4,7-14H2,1H3/t19-/m0/s1.